The van der Waals surface area contributed by atoms with E-state index in [1.165, 1.54) is 11.3 Å². The van der Waals surface area contributed by atoms with E-state index in [9.17, 15) is 15.0 Å². The van der Waals surface area contributed by atoms with Gasteiger partial charge in [0.15, 0.2) is 0 Å². The molecule has 4 nitrogen and oxygen atoms in total. The van der Waals surface area contributed by atoms with Crippen LogP contribution < -0.4 is 0 Å². The van der Waals surface area contributed by atoms with Gasteiger partial charge in [-0.25, -0.2) is 4.79 Å². The van der Waals surface area contributed by atoms with Crippen LogP contribution in [-0.2, 0) is 12.0 Å². The van der Waals surface area contributed by atoms with E-state index in [0.29, 0.717) is 17.9 Å². The molecule has 2 rings (SSSR count). The van der Waals surface area contributed by atoms with Crippen molar-refractivity contribution in [2.24, 2.45) is 0 Å². The van der Waals surface area contributed by atoms with Gasteiger partial charge in [-0.1, -0.05) is 34.6 Å². The number of carboxylic acid groups (broad SMARTS) is 1. The Balaban J connectivity index is 2.96. The normalized spacial score (nSPS) is 12.3. The van der Waals surface area contributed by atoms with Crippen LogP contribution in [0.25, 0.3) is 10.9 Å². The summed E-state index contributed by atoms with van der Waals surface area (Å²) >= 11 is 0. The molecule has 0 aliphatic heterocycles. The smallest absolute Gasteiger partial charge is 0.335 e. The predicted molar refractivity (Wildman–Crippen MR) is 98.1 cm³/mol. The first-order valence-corrected chi connectivity index (χ1v) is 8.61. The van der Waals surface area contributed by atoms with Gasteiger partial charge in [-0.3, -0.25) is 0 Å². The van der Waals surface area contributed by atoms with Crippen LogP contribution in [0.1, 0.15) is 74.1 Å². The van der Waals surface area contributed by atoms with Gasteiger partial charge in [-0.15, -0.1) is 0 Å². The topological polar surface area (TPSA) is 62.5 Å². The summed E-state index contributed by atoms with van der Waals surface area (Å²) in [6, 6.07) is 3.62. The minimum absolute atomic E-state index is 0.147. The predicted octanol–water partition coefficient (Wildman–Crippen LogP) is 4.45. The van der Waals surface area contributed by atoms with Gasteiger partial charge in [0.05, 0.1) is 11.1 Å². The quantitative estimate of drug-likeness (QED) is 0.851. The number of aromatic carboxylic acids is 1. The average Bonchev–Trinajstić information content (AvgIpc) is 2.74. The van der Waals surface area contributed by atoms with E-state index in [1.54, 1.807) is 0 Å². The second kappa shape index (κ2) is 6.60. The van der Waals surface area contributed by atoms with Gasteiger partial charge >= 0.3 is 5.97 Å². The number of aliphatic hydroxyl groups excluding tert-OH is 1. The zero-order chi connectivity index (χ0) is 18.2. The number of aromatic nitrogens is 1. The fourth-order valence-corrected chi connectivity index (χ4v) is 3.57. The third kappa shape index (κ3) is 3.20. The van der Waals surface area contributed by atoms with Crippen LogP contribution in [0.4, 0.5) is 0 Å². The maximum Gasteiger partial charge on any atom is 0.335 e. The monoisotopic (exact) mass is 331 g/mol. The zero-order valence-corrected chi connectivity index (χ0v) is 15.6. The highest BCUT2D eigenvalue weighted by molar-refractivity contribution is 5.98. The zero-order valence-electron chi connectivity index (χ0n) is 15.6. The number of carbonyl (C=O) groups is 1. The molecule has 0 unspecified atom stereocenters. The number of benzene rings is 1. The van der Waals surface area contributed by atoms with Crippen molar-refractivity contribution < 1.29 is 15.0 Å². The molecule has 0 radical (unpaired) electrons. The van der Waals surface area contributed by atoms with Crippen molar-refractivity contribution in [1.82, 2.24) is 4.57 Å². The highest BCUT2D eigenvalue weighted by atomic mass is 16.4. The SMILES string of the molecule is Cc1c(C(C)C)c2cc(C(=O)O)cc(C(C)(C)C)c2n1CCCO. The Hall–Kier alpha value is -1.81. The number of aliphatic hydroxyl groups is 1. The number of aryl methyl sites for hydroxylation is 1. The van der Waals surface area contributed by atoms with Crippen molar-refractivity contribution >= 4 is 16.9 Å². The van der Waals surface area contributed by atoms with Crippen molar-refractivity contribution in [2.45, 2.75) is 65.8 Å². The van der Waals surface area contributed by atoms with E-state index < -0.39 is 5.97 Å². The molecular weight excluding hydrogens is 302 g/mol. The highest BCUT2D eigenvalue weighted by Crippen LogP contribution is 2.38. The van der Waals surface area contributed by atoms with Crippen LogP contribution in [0.2, 0.25) is 0 Å². The molecule has 0 aliphatic carbocycles. The fraction of sp³-hybridized carbons (Fsp3) is 0.550. The molecule has 0 aliphatic rings. The van der Waals surface area contributed by atoms with Gasteiger partial charge in [-0.2, -0.15) is 0 Å². The van der Waals surface area contributed by atoms with Crippen LogP contribution in [0.5, 0.6) is 0 Å². The molecule has 0 saturated heterocycles. The van der Waals surface area contributed by atoms with Crippen LogP contribution >= 0.6 is 0 Å². The van der Waals surface area contributed by atoms with E-state index in [4.69, 9.17) is 0 Å². The van der Waals surface area contributed by atoms with Gasteiger partial charge in [0.1, 0.15) is 0 Å². The van der Waals surface area contributed by atoms with Crippen LogP contribution in [-0.4, -0.2) is 27.4 Å². The van der Waals surface area contributed by atoms with Crippen molar-refractivity contribution in [1.29, 1.82) is 0 Å². The number of rotatable bonds is 5. The lowest BCUT2D eigenvalue weighted by molar-refractivity contribution is 0.0697. The first-order chi connectivity index (χ1) is 11.1. The van der Waals surface area contributed by atoms with Gasteiger partial charge < -0.3 is 14.8 Å². The Morgan fingerprint density at radius 1 is 1.25 bits per heavy atom. The molecule has 24 heavy (non-hydrogen) atoms. The third-order valence-electron chi connectivity index (χ3n) is 4.64. The molecule has 0 fully saturated rings. The molecular formula is C20H29NO3. The van der Waals surface area contributed by atoms with Gasteiger partial charge in [0.2, 0.25) is 0 Å². The molecule has 0 amide bonds. The maximum absolute atomic E-state index is 11.6. The Labute approximate surface area is 144 Å². The van der Waals surface area contributed by atoms with Gasteiger partial charge in [0, 0.05) is 24.2 Å². The summed E-state index contributed by atoms with van der Waals surface area (Å²) in [5.74, 6) is -0.586. The Kier molecular flexibility index (Phi) is 5.09. The van der Waals surface area contributed by atoms with E-state index in [0.717, 1.165) is 23.0 Å². The van der Waals surface area contributed by atoms with Gasteiger partial charge in [-0.05, 0) is 47.9 Å². The van der Waals surface area contributed by atoms with Crippen molar-refractivity contribution in [3.63, 3.8) is 0 Å². The van der Waals surface area contributed by atoms with Gasteiger partial charge in [0.25, 0.3) is 0 Å². The first-order valence-electron chi connectivity index (χ1n) is 8.61. The molecule has 2 aromatic rings. The largest absolute Gasteiger partial charge is 0.478 e. The Morgan fingerprint density at radius 2 is 1.88 bits per heavy atom. The number of fused-ring (bicyclic) bond motifs is 1. The summed E-state index contributed by atoms with van der Waals surface area (Å²) in [7, 11) is 0. The van der Waals surface area contributed by atoms with Crippen LogP contribution in [0, 0.1) is 6.92 Å². The summed E-state index contributed by atoms with van der Waals surface area (Å²) in [4.78, 5) is 11.6. The molecule has 4 heteroatoms. The van der Waals surface area contributed by atoms with Crippen molar-refractivity contribution in [2.75, 3.05) is 6.61 Å². The number of hydrogen-bond donors (Lipinski definition) is 2. The number of nitrogens with zero attached hydrogens (tertiary/aromatic N) is 1. The first kappa shape index (κ1) is 18.5. The lowest BCUT2D eigenvalue weighted by Gasteiger charge is -2.23. The molecule has 1 heterocycles. The summed E-state index contributed by atoms with van der Waals surface area (Å²) in [6.45, 7) is 13.6. The molecule has 0 bridgehead atoms. The molecule has 0 atom stereocenters. The van der Waals surface area contributed by atoms with E-state index in [2.05, 4.69) is 46.1 Å². The fourth-order valence-electron chi connectivity index (χ4n) is 3.57. The number of carboxylic acids is 1. The second-order valence-corrected chi connectivity index (χ2v) is 7.86. The highest BCUT2D eigenvalue weighted by Gasteiger charge is 2.26. The van der Waals surface area contributed by atoms with Crippen molar-refractivity contribution in [3.05, 3.63) is 34.5 Å². The Bertz CT molecular complexity index is 764. The second-order valence-electron chi connectivity index (χ2n) is 7.86. The lowest BCUT2D eigenvalue weighted by Crippen LogP contribution is -2.15. The van der Waals surface area contributed by atoms with E-state index in [-0.39, 0.29) is 12.0 Å². The summed E-state index contributed by atoms with van der Waals surface area (Å²) in [6.07, 6.45) is 0.687. The summed E-state index contributed by atoms with van der Waals surface area (Å²) in [5.41, 5.74) is 4.71. The van der Waals surface area contributed by atoms with Crippen LogP contribution in [0.3, 0.4) is 0 Å². The summed E-state index contributed by atoms with van der Waals surface area (Å²) < 4.78 is 2.26. The maximum atomic E-state index is 11.6. The minimum atomic E-state index is -0.891. The third-order valence-corrected chi connectivity index (χ3v) is 4.64. The average molecular weight is 331 g/mol. The van der Waals surface area contributed by atoms with E-state index >= 15 is 0 Å². The molecule has 0 spiro atoms. The Morgan fingerprint density at radius 3 is 2.33 bits per heavy atom. The molecule has 2 N–H and O–H groups in total. The van der Waals surface area contributed by atoms with Crippen molar-refractivity contribution in [3.8, 4) is 0 Å². The lowest BCUT2D eigenvalue weighted by atomic mass is 9.83. The molecule has 0 saturated carbocycles. The summed E-state index contributed by atoms with van der Waals surface area (Å²) in [5, 5.41) is 19.8. The standard InChI is InChI=1S/C20H29NO3/c1-12(2)17-13(3)21(8-7-9-22)18-15(17)10-14(19(23)24)11-16(18)20(4,5)6/h10-12,22H,7-9H2,1-6H3,(H,23,24). The number of hydrogen-bond acceptors (Lipinski definition) is 2. The molecule has 1 aromatic carbocycles. The molecule has 132 valence electrons. The van der Waals surface area contributed by atoms with E-state index in [1.807, 2.05) is 12.1 Å². The van der Waals surface area contributed by atoms with Crippen LogP contribution in [0.15, 0.2) is 12.1 Å². The minimum Gasteiger partial charge on any atom is -0.478 e. The molecule has 1 aromatic heterocycles.